The number of amides is 1. The van der Waals surface area contributed by atoms with E-state index in [0.29, 0.717) is 17.1 Å². The normalized spacial score (nSPS) is 12.3. The molecule has 3 aromatic rings. The third-order valence-corrected chi connectivity index (χ3v) is 4.16. The van der Waals surface area contributed by atoms with E-state index in [1.807, 2.05) is 37.3 Å². The Morgan fingerprint density at radius 2 is 1.64 bits per heavy atom. The smallest absolute Gasteiger partial charge is 0.345 e. The van der Waals surface area contributed by atoms with E-state index in [1.54, 1.807) is 12.1 Å². The second-order valence-corrected chi connectivity index (χ2v) is 6.24. The summed E-state index contributed by atoms with van der Waals surface area (Å²) in [5, 5.41) is 5.80. The second-order valence-electron chi connectivity index (χ2n) is 6.24. The molecule has 0 aliphatic rings. The lowest BCUT2D eigenvalue weighted by Crippen LogP contribution is -2.26. The zero-order valence-corrected chi connectivity index (χ0v) is 15.0. The minimum atomic E-state index is -4.37. The first kappa shape index (κ1) is 19.4. The predicted molar refractivity (Wildman–Crippen MR) is 101 cm³/mol. The molecule has 0 aliphatic heterocycles. The molecule has 0 saturated carbocycles. The fraction of sp³-hybridized carbons (Fsp3) is 0.143. The summed E-state index contributed by atoms with van der Waals surface area (Å²) in [4.78, 5) is 16.5. The van der Waals surface area contributed by atoms with Crippen LogP contribution in [0.3, 0.4) is 0 Å². The van der Waals surface area contributed by atoms with Gasteiger partial charge < -0.3 is 10.6 Å². The zero-order valence-electron chi connectivity index (χ0n) is 15.0. The van der Waals surface area contributed by atoms with Gasteiger partial charge in [0.15, 0.2) is 0 Å². The van der Waals surface area contributed by atoms with Gasteiger partial charge in [-0.2, -0.15) is 13.2 Å². The van der Waals surface area contributed by atoms with E-state index in [9.17, 15) is 18.0 Å². The number of pyridine rings is 1. The summed E-state index contributed by atoms with van der Waals surface area (Å²) >= 11 is 0. The summed E-state index contributed by atoms with van der Waals surface area (Å²) in [7, 11) is 0. The van der Waals surface area contributed by atoms with Crippen LogP contribution in [0, 0.1) is 0 Å². The highest BCUT2D eigenvalue weighted by molar-refractivity contribution is 5.94. The number of rotatable bonds is 5. The van der Waals surface area contributed by atoms with Crippen molar-refractivity contribution in [2.75, 3.05) is 5.32 Å². The highest BCUT2D eigenvalue weighted by Gasteiger charge is 2.29. The molecule has 4 nitrogen and oxygen atoms in total. The van der Waals surface area contributed by atoms with E-state index in [2.05, 4.69) is 15.6 Å². The number of alkyl halides is 3. The van der Waals surface area contributed by atoms with E-state index in [-0.39, 0.29) is 11.9 Å². The Morgan fingerprint density at radius 1 is 0.964 bits per heavy atom. The first-order valence-electron chi connectivity index (χ1n) is 8.59. The third kappa shape index (κ3) is 4.88. The minimum absolute atomic E-state index is 0.154. The standard InChI is InChI=1S/C21H18F3N3O/c1-14(15-5-3-2-4-6-15)26-20(28)16-7-12-19(25-13-16)27-18-10-8-17(9-11-18)21(22,23)24/h2-14H,1H3,(H,25,27)(H,26,28). The van der Waals surface area contributed by atoms with E-state index >= 15 is 0 Å². The molecule has 28 heavy (non-hydrogen) atoms. The largest absolute Gasteiger partial charge is 0.416 e. The van der Waals surface area contributed by atoms with Crippen molar-refractivity contribution in [2.24, 2.45) is 0 Å². The number of nitrogens with one attached hydrogen (secondary N) is 2. The van der Waals surface area contributed by atoms with Crippen molar-refractivity contribution in [2.45, 2.75) is 19.1 Å². The Labute approximate surface area is 160 Å². The molecular formula is C21H18F3N3O. The topological polar surface area (TPSA) is 54.0 Å². The number of hydrogen-bond donors (Lipinski definition) is 2. The van der Waals surface area contributed by atoms with Gasteiger partial charge in [-0.05, 0) is 48.9 Å². The molecule has 0 bridgehead atoms. The van der Waals surface area contributed by atoms with Gasteiger partial charge in [-0.15, -0.1) is 0 Å². The molecule has 0 fully saturated rings. The lowest BCUT2D eigenvalue weighted by atomic mass is 10.1. The molecule has 3 rings (SSSR count). The summed E-state index contributed by atoms with van der Waals surface area (Å²) in [6.45, 7) is 1.89. The summed E-state index contributed by atoms with van der Waals surface area (Å²) in [6.07, 6.45) is -2.96. The van der Waals surface area contributed by atoms with Gasteiger partial charge in [-0.25, -0.2) is 4.98 Å². The van der Waals surface area contributed by atoms with Gasteiger partial charge in [0, 0.05) is 11.9 Å². The third-order valence-electron chi connectivity index (χ3n) is 4.16. The van der Waals surface area contributed by atoms with Gasteiger partial charge in [-0.3, -0.25) is 4.79 Å². The monoisotopic (exact) mass is 385 g/mol. The molecule has 1 amide bonds. The fourth-order valence-corrected chi connectivity index (χ4v) is 2.60. The molecule has 1 atom stereocenters. The molecule has 0 aliphatic carbocycles. The first-order valence-corrected chi connectivity index (χ1v) is 8.59. The maximum atomic E-state index is 12.6. The summed E-state index contributed by atoms with van der Waals surface area (Å²) < 4.78 is 37.8. The molecule has 1 heterocycles. The van der Waals surface area contributed by atoms with E-state index in [1.165, 1.54) is 18.3 Å². The molecule has 7 heteroatoms. The van der Waals surface area contributed by atoms with Crippen LogP contribution < -0.4 is 10.6 Å². The molecule has 0 spiro atoms. The van der Waals surface area contributed by atoms with Crippen LogP contribution in [0.25, 0.3) is 0 Å². The Kier molecular flexibility index (Phi) is 5.63. The van der Waals surface area contributed by atoms with Gasteiger partial charge in [0.05, 0.1) is 17.2 Å². The number of nitrogens with zero attached hydrogens (tertiary/aromatic N) is 1. The van der Waals surface area contributed by atoms with Crippen molar-refractivity contribution in [3.05, 3.63) is 89.6 Å². The van der Waals surface area contributed by atoms with Crippen molar-refractivity contribution >= 4 is 17.4 Å². The van der Waals surface area contributed by atoms with E-state index < -0.39 is 11.7 Å². The predicted octanol–water partition coefficient (Wildman–Crippen LogP) is 5.34. The van der Waals surface area contributed by atoms with Crippen molar-refractivity contribution in [1.29, 1.82) is 0 Å². The van der Waals surface area contributed by atoms with Crippen LogP contribution in [0.4, 0.5) is 24.7 Å². The van der Waals surface area contributed by atoms with Gasteiger partial charge in [-0.1, -0.05) is 30.3 Å². The number of carbonyl (C=O) groups excluding carboxylic acids is 1. The summed E-state index contributed by atoms with van der Waals surface area (Å²) in [5.41, 5.74) is 1.13. The Balaban J connectivity index is 1.62. The van der Waals surface area contributed by atoms with Gasteiger partial charge >= 0.3 is 6.18 Å². The number of aromatic nitrogens is 1. The van der Waals surface area contributed by atoms with Crippen LogP contribution in [-0.4, -0.2) is 10.9 Å². The molecule has 2 aromatic carbocycles. The molecule has 1 aromatic heterocycles. The Morgan fingerprint density at radius 3 is 2.21 bits per heavy atom. The quantitative estimate of drug-likeness (QED) is 0.624. The van der Waals surface area contributed by atoms with Crippen LogP contribution in [-0.2, 0) is 6.18 Å². The highest BCUT2D eigenvalue weighted by Crippen LogP contribution is 2.30. The molecular weight excluding hydrogens is 367 g/mol. The molecule has 2 N–H and O–H groups in total. The number of anilines is 2. The average Bonchev–Trinajstić information content (AvgIpc) is 2.69. The minimum Gasteiger partial charge on any atom is -0.345 e. The van der Waals surface area contributed by atoms with Crippen molar-refractivity contribution in [3.63, 3.8) is 0 Å². The first-order chi connectivity index (χ1) is 13.3. The summed E-state index contributed by atoms with van der Waals surface area (Å²) in [6, 6.07) is 17.3. The molecule has 1 unspecified atom stereocenters. The van der Waals surface area contributed by atoms with Crippen molar-refractivity contribution in [1.82, 2.24) is 10.3 Å². The van der Waals surface area contributed by atoms with E-state index in [4.69, 9.17) is 0 Å². The maximum Gasteiger partial charge on any atom is 0.416 e. The van der Waals surface area contributed by atoms with Gasteiger partial charge in [0.2, 0.25) is 0 Å². The maximum absolute atomic E-state index is 12.6. The Hall–Kier alpha value is -3.35. The lowest BCUT2D eigenvalue weighted by molar-refractivity contribution is -0.137. The van der Waals surface area contributed by atoms with Crippen LogP contribution in [0.1, 0.15) is 34.5 Å². The molecule has 144 valence electrons. The Bertz CT molecular complexity index is 924. The van der Waals surface area contributed by atoms with Crippen molar-refractivity contribution in [3.8, 4) is 0 Å². The number of carbonyl (C=O) groups is 1. The lowest BCUT2D eigenvalue weighted by Gasteiger charge is -2.14. The van der Waals surface area contributed by atoms with Crippen LogP contribution in [0.2, 0.25) is 0 Å². The van der Waals surface area contributed by atoms with Crippen LogP contribution in [0.5, 0.6) is 0 Å². The van der Waals surface area contributed by atoms with Gasteiger partial charge in [0.25, 0.3) is 5.91 Å². The van der Waals surface area contributed by atoms with Crippen molar-refractivity contribution < 1.29 is 18.0 Å². The fourth-order valence-electron chi connectivity index (χ4n) is 2.60. The van der Waals surface area contributed by atoms with E-state index in [0.717, 1.165) is 17.7 Å². The second kappa shape index (κ2) is 8.12. The number of hydrogen-bond acceptors (Lipinski definition) is 3. The average molecular weight is 385 g/mol. The number of halogens is 3. The van der Waals surface area contributed by atoms with Crippen LogP contribution >= 0.6 is 0 Å². The zero-order chi connectivity index (χ0) is 20.1. The van der Waals surface area contributed by atoms with Gasteiger partial charge in [0.1, 0.15) is 5.82 Å². The molecule has 0 saturated heterocycles. The SMILES string of the molecule is CC(NC(=O)c1ccc(Nc2ccc(C(F)(F)F)cc2)nc1)c1ccccc1. The molecule has 0 radical (unpaired) electrons. The summed E-state index contributed by atoms with van der Waals surface area (Å²) in [5.74, 6) is 0.164. The van der Waals surface area contributed by atoms with Crippen LogP contribution in [0.15, 0.2) is 72.9 Å². The number of benzene rings is 2. The highest BCUT2D eigenvalue weighted by atomic mass is 19.4.